The lowest BCUT2D eigenvalue weighted by molar-refractivity contribution is 1.26. The van der Waals surface area contributed by atoms with E-state index in [2.05, 4.69) is 5.10 Å². The van der Waals surface area contributed by atoms with E-state index < -0.39 is 0 Å². The van der Waals surface area contributed by atoms with Crippen LogP contribution in [0.5, 0.6) is 0 Å². The molecular weight excluding hydrogens is 229 g/mol. The number of allylic oxidation sites excluding steroid dienone is 2. The van der Waals surface area contributed by atoms with E-state index in [9.17, 15) is 0 Å². The quantitative estimate of drug-likeness (QED) is 0.244. The van der Waals surface area contributed by atoms with Crippen LogP contribution in [-0.2, 0) is 0 Å². The highest BCUT2D eigenvalue weighted by Crippen LogP contribution is 2.02. The highest BCUT2D eigenvalue weighted by atomic mass is 127. The lowest BCUT2D eigenvalue weighted by Gasteiger charge is -1.87. The molecule has 0 saturated carbocycles. The summed E-state index contributed by atoms with van der Waals surface area (Å²) in [6.45, 7) is 1.77. The van der Waals surface area contributed by atoms with Crippen molar-refractivity contribution in [2.24, 2.45) is 10.9 Å². The van der Waals surface area contributed by atoms with E-state index in [1.165, 1.54) is 0 Å². The number of hydrazone groups is 1. The molecule has 0 aliphatic rings. The fraction of sp³-hybridized carbons (Fsp3) is 0.200. The third-order valence-corrected chi connectivity index (χ3v) is 1.60. The molecule has 0 radical (unpaired) electrons. The first kappa shape index (κ1) is 8.43. The van der Waals surface area contributed by atoms with Gasteiger partial charge in [-0.3, -0.25) is 0 Å². The van der Waals surface area contributed by atoms with Gasteiger partial charge in [0.15, 0.2) is 0 Å². The first-order chi connectivity index (χ1) is 4.26. The van der Waals surface area contributed by atoms with Crippen LogP contribution in [0.4, 0.5) is 0 Å². The minimum absolute atomic E-state index is 0.512. The highest BCUT2D eigenvalue weighted by Gasteiger charge is 1.97. The van der Waals surface area contributed by atoms with Gasteiger partial charge in [0, 0.05) is 0 Å². The Morgan fingerprint density at radius 2 is 2.44 bits per heavy atom. The molecule has 0 atom stereocenters. The van der Waals surface area contributed by atoms with Gasteiger partial charge < -0.3 is 5.84 Å². The van der Waals surface area contributed by atoms with Crippen LogP contribution in [0, 0.1) is 11.3 Å². The maximum atomic E-state index is 8.37. The molecule has 0 aliphatic carbocycles. The van der Waals surface area contributed by atoms with Gasteiger partial charge in [-0.15, -0.1) is 0 Å². The Bertz CT molecular complexity index is 187. The molecule has 0 aliphatic heterocycles. The topological polar surface area (TPSA) is 62.2 Å². The first-order valence-corrected chi connectivity index (χ1v) is 3.34. The van der Waals surface area contributed by atoms with Crippen LogP contribution < -0.4 is 5.84 Å². The Hall–Kier alpha value is -0.570. The van der Waals surface area contributed by atoms with E-state index in [0.29, 0.717) is 9.29 Å². The van der Waals surface area contributed by atoms with E-state index in [0.717, 1.165) is 0 Å². The number of rotatable bonds is 1. The Morgan fingerprint density at radius 1 is 1.89 bits per heavy atom. The van der Waals surface area contributed by atoms with E-state index in [1.807, 2.05) is 28.7 Å². The Labute approximate surface area is 67.4 Å². The number of hydrogen-bond donors (Lipinski definition) is 1. The molecule has 0 unspecified atom stereocenters. The molecule has 3 nitrogen and oxygen atoms in total. The van der Waals surface area contributed by atoms with Crippen LogP contribution in [0.2, 0.25) is 0 Å². The van der Waals surface area contributed by atoms with Crippen LogP contribution in [0.15, 0.2) is 16.8 Å². The van der Waals surface area contributed by atoms with E-state index in [4.69, 9.17) is 11.1 Å². The minimum atomic E-state index is 0.512. The van der Waals surface area contributed by atoms with Crippen molar-refractivity contribution in [1.82, 2.24) is 0 Å². The largest absolute Gasteiger partial charge is 0.322 e. The number of nitrogens with zero attached hydrogens (tertiary/aromatic N) is 2. The molecule has 0 aromatic carbocycles. The van der Waals surface area contributed by atoms with Gasteiger partial charge in [0.1, 0.15) is 9.79 Å². The summed E-state index contributed by atoms with van der Waals surface area (Å²) in [5.74, 6) is 4.91. The van der Waals surface area contributed by atoms with Crippen LogP contribution in [0.25, 0.3) is 0 Å². The third kappa shape index (κ3) is 2.46. The fourth-order valence-electron chi connectivity index (χ4n) is 0.299. The molecule has 0 heterocycles. The molecule has 4 heteroatoms. The molecule has 9 heavy (non-hydrogen) atoms. The molecule has 0 fully saturated rings. The predicted molar refractivity (Wildman–Crippen MR) is 45.0 cm³/mol. The smallest absolute Gasteiger partial charge is 0.138 e. The van der Waals surface area contributed by atoms with Crippen LogP contribution in [-0.4, -0.2) is 3.72 Å². The predicted octanol–water partition coefficient (Wildman–Crippen LogP) is 1.16. The lowest BCUT2D eigenvalue weighted by atomic mass is 10.3. The van der Waals surface area contributed by atoms with Gasteiger partial charge in [0.05, 0.1) is 5.57 Å². The average Bonchev–Trinajstić information content (AvgIpc) is 1.90. The van der Waals surface area contributed by atoms with Crippen LogP contribution >= 0.6 is 22.6 Å². The molecule has 0 aromatic rings. The normalized spacial score (nSPS) is 13.0. The van der Waals surface area contributed by atoms with Crippen molar-refractivity contribution in [3.63, 3.8) is 0 Å². The van der Waals surface area contributed by atoms with Gasteiger partial charge in [-0.2, -0.15) is 10.4 Å². The zero-order valence-electron chi connectivity index (χ0n) is 4.93. The number of nitriles is 1. The average molecular weight is 235 g/mol. The van der Waals surface area contributed by atoms with Crippen LogP contribution in [0.3, 0.4) is 0 Å². The molecular formula is C5H6IN3. The molecule has 0 rings (SSSR count). The molecule has 0 amide bonds. The van der Waals surface area contributed by atoms with Crippen molar-refractivity contribution >= 4 is 26.3 Å². The summed E-state index contributed by atoms with van der Waals surface area (Å²) in [6, 6.07) is 1.95. The van der Waals surface area contributed by atoms with Gasteiger partial charge in [-0.1, -0.05) is 6.08 Å². The Kier molecular flexibility index (Phi) is 4.05. The monoisotopic (exact) mass is 235 g/mol. The highest BCUT2D eigenvalue weighted by molar-refractivity contribution is 14.1. The SMILES string of the molecule is C/C=C(C#N)\C(I)=N/N. The number of halogens is 1. The zero-order valence-corrected chi connectivity index (χ0v) is 7.08. The summed E-state index contributed by atoms with van der Waals surface area (Å²) in [4.78, 5) is 0. The summed E-state index contributed by atoms with van der Waals surface area (Å²) >= 11 is 1.90. The summed E-state index contributed by atoms with van der Waals surface area (Å²) in [5, 5.41) is 11.7. The molecule has 0 spiro atoms. The maximum Gasteiger partial charge on any atom is 0.138 e. The van der Waals surface area contributed by atoms with Gasteiger partial charge in [-0.25, -0.2) is 0 Å². The van der Waals surface area contributed by atoms with Gasteiger partial charge in [-0.05, 0) is 29.5 Å². The number of nitrogens with two attached hydrogens (primary N) is 1. The van der Waals surface area contributed by atoms with Crippen molar-refractivity contribution in [3.8, 4) is 6.07 Å². The molecule has 48 valence electrons. The summed E-state index contributed by atoms with van der Waals surface area (Å²) in [5.41, 5.74) is 0.512. The van der Waals surface area contributed by atoms with Crippen molar-refractivity contribution in [3.05, 3.63) is 11.6 Å². The second-order valence-electron chi connectivity index (χ2n) is 1.23. The van der Waals surface area contributed by atoms with Crippen molar-refractivity contribution in [1.29, 1.82) is 5.26 Å². The second kappa shape index (κ2) is 4.32. The summed E-state index contributed by atoms with van der Waals surface area (Å²) in [6.07, 6.45) is 1.66. The van der Waals surface area contributed by atoms with Gasteiger partial charge >= 0.3 is 0 Å². The van der Waals surface area contributed by atoms with Crippen LogP contribution in [0.1, 0.15) is 6.92 Å². The maximum absolute atomic E-state index is 8.37. The number of hydrogen-bond acceptors (Lipinski definition) is 3. The van der Waals surface area contributed by atoms with E-state index in [-0.39, 0.29) is 0 Å². The third-order valence-electron chi connectivity index (χ3n) is 0.745. The zero-order chi connectivity index (χ0) is 7.28. The molecule has 0 aromatic heterocycles. The molecule has 2 N–H and O–H groups in total. The summed E-state index contributed by atoms with van der Waals surface area (Å²) in [7, 11) is 0. The van der Waals surface area contributed by atoms with Gasteiger partial charge in [0.2, 0.25) is 0 Å². The van der Waals surface area contributed by atoms with Crippen molar-refractivity contribution < 1.29 is 0 Å². The Morgan fingerprint density at radius 3 is 2.56 bits per heavy atom. The standard InChI is InChI=1S/C5H6IN3/c1-2-4(3-7)5(6)9-8/h2H,8H2,1H3/b4-2-,9-5+. The van der Waals surface area contributed by atoms with Crippen molar-refractivity contribution in [2.75, 3.05) is 0 Å². The lowest BCUT2D eigenvalue weighted by Crippen LogP contribution is -1.94. The second-order valence-corrected chi connectivity index (χ2v) is 2.26. The van der Waals surface area contributed by atoms with E-state index >= 15 is 0 Å². The van der Waals surface area contributed by atoms with Crippen molar-refractivity contribution in [2.45, 2.75) is 6.92 Å². The fourth-order valence-corrected chi connectivity index (χ4v) is 0.731. The van der Waals surface area contributed by atoms with E-state index in [1.54, 1.807) is 13.0 Å². The molecule has 0 bridgehead atoms. The Balaban J connectivity index is 4.39. The van der Waals surface area contributed by atoms with Gasteiger partial charge in [0.25, 0.3) is 0 Å². The molecule has 0 saturated heterocycles. The summed E-state index contributed by atoms with van der Waals surface area (Å²) < 4.78 is 0.539. The minimum Gasteiger partial charge on any atom is -0.322 e. The first-order valence-electron chi connectivity index (χ1n) is 2.26.